The third-order valence-corrected chi connectivity index (χ3v) is 3.77. The summed E-state index contributed by atoms with van der Waals surface area (Å²) in [5.41, 5.74) is -0.490. The largest absolute Gasteiger partial charge is 0.460 e. The summed E-state index contributed by atoms with van der Waals surface area (Å²) >= 11 is 0. The summed E-state index contributed by atoms with van der Waals surface area (Å²) in [5.74, 6) is -0.252. The highest BCUT2D eigenvalue weighted by Crippen LogP contribution is 2.30. The van der Waals surface area contributed by atoms with Crippen molar-refractivity contribution in [3.8, 4) is 0 Å². The molecule has 0 radical (unpaired) electrons. The molecule has 20 heavy (non-hydrogen) atoms. The molecule has 2 rings (SSSR count). The number of ether oxygens (including phenoxy) is 2. The molecule has 2 unspecified atom stereocenters. The van der Waals surface area contributed by atoms with Gasteiger partial charge in [0.05, 0.1) is 25.2 Å². The van der Waals surface area contributed by atoms with Crippen molar-refractivity contribution in [2.24, 2.45) is 0 Å². The molecule has 0 N–H and O–H groups in total. The molecule has 0 aromatic carbocycles. The molecule has 2 fully saturated rings. The van der Waals surface area contributed by atoms with Crippen LogP contribution in [0, 0.1) is 0 Å². The quantitative estimate of drug-likeness (QED) is 0.742. The molecule has 1 saturated carbocycles. The minimum Gasteiger partial charge on any atom is -0.460 e. The zero-order chi connectivity index (χ0) is 14.8. The second-order valence-corrected chi connectivity index (χ2v) is 6.58. The van der Waals surface area contributed by atoms with Crippen LogP contribution in [0.5, 0.6) is 0 Å². The van der Waals surface area contributed by atoms with Crippen LogP contribution in [0.15, 0.2) is 0 Å². The fourth-order valence-electron chi connectivity index (χ4n) is 2.98. The van der Waals surface area contributed by atoms with Crippen molar-refractivity contribution in [3.05, 3.63) is 0 Å². The van der Waals surface area contributed by atoms with E-state index in [1.165, 1.54) is 0 Å². The molecule has 1 aliphatic heterocycles. The Kier molecular flexibility index (Phi) is 4.68. The highest BCUT2D eigenvalue weighted by molar-refractivity contribution is 5.81. The molecule has 5 heteroatoms. The van der Waals surface area contributed by atoms with Gasteiger partial charge in [0, 0.05) is 13.0 Å². The Hall–Kier alpha value is -1.10. The third kappa shape index (κ3) is 3.95. The van der Waals surface area contributed by atoms with E-state index in [-0.39, 0.29) is 36.9 Å². The van der Waals surface area contributed by atoms with Crippen LogP contribution in [-0.4, -0.2) is 47.7 Å². The van der Waals surface area contributed by atoms with Crippen molar-refractivity contribution in [1.82, 2.24) is 4.90 Å². The average Bonchev–Trinajstić information content (AvgIpc) is 2.81. The van der Waals surface area contributed by atoms with Gasteiger partial charge in [0.25, 0.3) is 0 Å². The Morgan fingerprint density at radius 2 is 2.00 bits per heavy atom. The van der Waals surface area contributed by atoms with Gasteiger partial charge in [-0.2, -0.15) is 0 Å². The summed E-state index contributed by atoms with van der Waals surface area (Å²) in [7, 11) is 0. The van der Waals surface area contributed by atoms with Crippen LogP contribution >= 0.6 is 0 Å². The van der Waals surface area contributed by atoms with Crippen molar-refractivity contribution in [2.75, 3.05) is 13.2 Å². The second kappa shape index (κ2) is 6.12. The van der Waals surface area contributed by atoms with E-state index >= 15 is 0 Å². The summed E-state index contributed by atoms with van der Waals surface area (Å²) in [5, 5.41) is 0. The Morgan fingerprint density at radius 3 is 2.70 bits per heavy atom. The molecule has 0 spiro atoms. The number of amides is 1. The lowest BCUT2D eigenvalue weighted by atomic mass is 10.1. The van der Waals surface area contributed by atoms with Gasteiger partial charge in [-0.25, -0.2) is 0 Å². The number of nitrogens with zero attached hydrogens (tertiary/aromatic N) is 1. The lowest BCUT2D eigenvalue weighted by Gasteiger charge is -2.37. The van der Waals surface area contributed by atoms with Crippen LogP contribution in [0.4, 0.5) is 0 Å². The Bertz CT molecular complexity index is 375. The van der Waals surface area contributed by atoms with Gasteiger partial charge >= 0.3 is 5.97 Å². The standard InChI is InChI=1S/C15H25NO4/c1-15(2,3)20-14(18)8-7-13(17)16-9-10-19-12-6-4-5-11(12)16/h11-12H,4-10H2,1-3H3. The zero-order valence-electron chi connectivity index (χ0n) is 12.7. The van der Waals surface area contributed by atoms with Gasteiger partial charge in [0.1, 0.15) is 5.60 Å². The molecule has 2 aliphatic rings. The number of hydrogen-bond donors (Lipinski definition) is 0. The number of carbonyl (C=O) groups is 2. The molecule has 1 saturated heterocycles. The van der Waals surface area contributed by atoms with Gasteiger partial charge in [-0.1, -0.05) is 0 Å². The maximum Gasteiger partial charge on any atom is 0.306 e. The highest BCUT2D eigenvalue weighted by atomic mass is 16.6. The number of hydrogen-bond acceptors (Lipinski definition) is 4. The Balaban J connectivity index is 1.81. The van der Waals surface area contributed by atoms with Crippen LogP contribution in [0.3, 0.4) is 0 Å². The van der Waals surface area contributed by atoms with Gasteiger partial charge in [0.15, 0.2) is 0 Å². The molecule has 114 valence electrons. The molecule has 0 aromatic heterocycles. The molecular weight excluding hydrogens is 258 g/mol. The van der Waals surface area contributed by atoms with E-state index in [9.17, 15) is 9.59 Å². The maximum absolute atomic E-state index is 12.3. The van der Waals surface area contributed by atoms with E-state index < -0.39 is 5.60 Å². The number of morpholine rings is 1. The predicted molar refractivity (Wildman–Crippen MR) is 74.2 cm³/mol. The summed E-state index contributed by atoms with van der Waals surface area (Å²) in [4.78, 5) is 25.8. The monoisotopic (exact) mass is 283 g/mol. The number of carbonyl (C=O) groups excluding carboxylic acids is 2. The number of rotatable bonds is 3. The van der Waals surface area contributed by atoms with E-state index in [4.69, 9.17) is 9.47 Å². The summed E-state index contributed by atoms with van der Waals surface area (Å²) in [6.07, 6.45) is 3.77. The van der Waals surface area contributed by atoms with Gasteiger partial charge in [-0.15, -0.1) is 0 Å². The first-order chi connectivity index (χ1) is 9.37. The van der Waals surface area contributed by atoms with Crippen LogP contribution in [-0.2, 0) is 19.1 Å². The van der Waals surface area contributed by atoms with E-state index in [1.54, 1.807) is 0 Å². The molecular formula is C15H25NO4. The third-order valence-electron chi connectivity index (χ3n) is 3.77. The van der Waals surface area contributed by atoms with Crippen LogP contribution in [0.1, 0.15) is 52.9 Å². The smallest absolute Gasteiger partial charge is 0.306 e. The molecule has 5 nitrogen and oxygen atoms in total. The van der Waals surface area contributed by atoms with Crippen LogP contribution in [0.25, 0.3) is 0 Å². The average molecular weight is 283 g/mol. The zero-order valence-corrected chi connectivity index (χ0v) is 12.7. The SMILES string of the molecule is CC(C)(C)OC(=O)CCC(=O)N1CCOC2CCCC21. The molecule has 1 heterocycles. The normalized spacial score (nSPS) is 26.2. The molecule has 0 aromatic rings. The van der Waals surface area contributed by atoms with E-state index in [1.807, 2.05) is 25.7 Å². The number of fused-ring (bicyclic) bond motifs is 1. The first-order valence-electron chi connectivity index (χ1n) is 7.50. The topological polar surface area (TPSA) is 55.8 Å². The highest BCUT2D eigenvalue weighted by Gasteiger charge is 2.38. The molecule has 0 bridgehead atoms. The van der Waals surface area contributed by atoms with E-state index in [2.05, 4.69) is 0 Å². The van der Waals surface area contributed by atoms with Gasteiger partial charge < -0.3 is 14.4 Å². The summed E-state index contributed by atoms with van der Waals surface area (Å²) in [6.45, 7) is 6.75. The lowest BCUT2D eigenvalue weighted by Crippen LogP contribution is -2.51. The minimum atomic E-state index is -0.490. The van der Waals surface area contributed by atoms with Crippen molar-refractivity contribution in [2.45, 2.75) is 70.6 Å². The van der Waals surface area contributed by atoms with Gasteiger partial charge in [-0.3, -0.25) is 9.59 Å². The number of esters is 1. The first-order valence-corrected chi connectivity index (χ1v) is 7.50. The summed E-state index contributed by atoms with van der Waals surface area (Å²) in [6, 6.07) is 0.217. The lowest BCUT2D eigenvalue weighted by molar-refractivity contribution is -0.157. The van der Waals surface area contributed by atoms with Crippen molar-refractivity contribution < 1.29 is 19.1 Å². The minimum absolute atomic E-state index is 0.0519. The fraction of sp³-hybridized carbons (Fsp3) is 0.867. The van der Waals surface area contributed by atoms with E-state index in [0.717, 1.165) is 19.3 Å². The molecule has 1 aliphatic carbocycles. The Labute approximate surface area is 120 Å². The first kappa shape index (κ1) is 15.3. The van der Waals surface area contributed by atoms with Crippen molar-refractivity contribution in [3.63, 3.8) is 0 Å². The molecule has 1 amide bonds. The van der Waals surface area contributed by atoms with Crippen LogP contribution < -0.4 is 0 Å². The molecule has 2 atom stereocenters. The van der Waals surface area contributed by atoms with Gasteiger partial charge in [0.2, 0.25) is 5.91 Å². The summed E-state index contributed by atoms with van der Waals surface area (Å²) < 4.78 is 10.9. The van der Waals surface area contributed by atoms with Crippen molar-refractivity contribution >= 4 is 11.9 Å². The van der Waals surface area contributed by atoms with Crippen molar-refractivity contribution in [1.29, 1.82) is 0 Å². The maximum atomic E-state index is 12.3. The Morgan fingerprint density at radius 1 is 1.25 bits per heavy atom. The fourth-order valence-corrected chi connectivity index (χ4v) is 2.98. The predicted octanol–water partition coefficient (Wildman–Crippen LogP) is 1.89. The second-order valence-electron chi connectivity index (χ2n) is 6.58. The van der Waals surface area contributed by atoms with Crippen LogP contribution in [0.2, 0.25) is 0 Å². The van der Waals surface area contributed by atoms with E-state index in [0.29, 0.717) is 13.2 Å². The van der Waals surface area contributed by atoms with Gasteiger partial charge in [-0.05, 0) is 40.0 Å².